The Morgan fingerprint density at radius 1 is 1.17 bits per heavy atom. The summed E-state index contributed by atoms with van der Waals surface area (Å²) in [6, 6.07) is 6.63. The van der Waals surface area contributed by atoms with Crippen molar-refractivity contribution in [2.45, 2.75) is 37.6 Å². The molecule has 8 heteroatoms. The third-order valence-electron chi connectivity index (χ3n) is 7.05. The van der Waals surface area contributed by atoms with E-state index < -0.39 is 23.0 Å². The number of carboxylic acid groups (broad SMARTS) is 1. The number of aliphatic carboxylic acids is 1. The maximum absolute atomic E-state index is 13.2. The van der Waals surface area contributed by atoms with Crippen LogP contribution in [0.15, 0.2) is 35.3 Å². The topological polar surface area (TPSA) is 104 Å². The summed E-state index contributed by atoms with van der Waals surface area (Å²) in [5.74, 6) is -0.474. The Morgan fingerprint density at radius 2 is 1.86 bits per heavy atom. The summed E-state index contributed by atoms with van der Waals surface area (Å²) in [5.41, 5.74) is -0.604. The fraction of sp³-hybridized carbons (Fsp3) is 0.476. The highest BCUT2D eigenvalue weighted by molar-refractivity contribution is 6.33. The van der Waals surface area contributed by atoms with E-state index in [1.165, 1.54) is 16.9 Å². The van der Waals surface area contributed by atoms with Crippen molar-refractivity contribution in [3.8, 4) is 5.75 Å². The van der Waals surface area contributed by atoms with E-state index in [1.54, 1.807) is 18.2 Å². The fourth-order valence-electron chi connectivity index (χ4n) is 6.30. The second-order valence-electron chi connectivity index (χ2n) is 8.76. The molecule has 7 nitrogen and oxygen atoms in total. The van der Waals surface area contributed by atoms with E-state index >= 15 is 0 Å². The van der Waals surface area contributed by atoms with Crippen LogP contribution < -0.4 is 10.9 Å². The normalized spacial score (nSPS) is 32.3. The van der Waals surface area contributed by atoms with E-state index in [9.17, 15) is 19.8 Å². The molecular formula is C21H22ClN3O4. The Morgan fingerprint density at radius 3 is 2.52 bits per heavy atom. The molecule has 3 atom stereocenters. The van der Waals surface area contributed by atoms with Crippen LogP contribution in [-0.4, -0.2) is 26.0 Å². The molecule has 2 aromatic rings. The SMILES string of the molecule is O=C(O)[C@H]1C2C[C@H]3C[C@H](C2)CC1(n1ncc(Nc2ccccc2O)c(Cl)c1=O)C3. The van der Waals surface area contributed by atoms with Crippen molar-refractivity contribution in [3.63, 3.8) is 0 Å². The molecule has 29 heavy (non-hydrogen) atoms. The lowest BCUT2D eigenvalue weighted by atomic mass is 9.48. The van der Waals surface area contributed by atoms with Gasteiger partial charge in [0.15, 0.2) is 0 Å². The van der Waals surface area contributed by atoms with Gasteiger partial charge in [0, 0.05) is 0 Å². The zero-order valence-electron chi connectivity index (χ0n) is 15.7. The number of benzene rings is 1. The van der Waals surface area contributed by atoms with Crippen LogP contribution in [0.25, 0.3) is 0 Å². The predicted molar refractivity (Wildman–Crippen MR) is 108 cm³/mol. The van der Waals surface area contributed by atoms with Gasteiger partial charge in [-0.2, -0.15) is 5.10 Å². The van der Waals surface area contributed by atoms with Crippen molar-refractivity contribution in [2.24, 2.45) is 23.7 Å². The number of rotatable bonds is 4. The van der Waals surface area contributed by atoms with Gasteiger partial charge in [0.25, 0.3) is 5.56 Å². The van der Waals surface area contributed by atoms with E-state index in [0.717, 1.165) is 19.3 Å². The minimum absolute atomic E-state index is 0.0276. The Bertz CT molecular complexity index is 1040. The van der Waals surface area contributed by atoms with E-state index in [0.29, 0.717) is 30.4 Å². The minimum Gasteiger partial charge on any atom is -0.506 e. The lowest BCUT2D eigenvalue weighted by Crippen LogP contribution is -2.63. The average Bonchev–Trinajstić information content (AvgIpc) is 2.66. The standard InChI is InChI=1S/C21H22ClN3O4/c22-18-15(24-14-3-1-2-4-16(14)26)10-23-25(19(18)27)21-8-11-5-12(9-21)7-13(6-11)17(21)20(28)29/h1-4,10-13,17,24,26H,5-9H2,(H,28,29)/t11-,12-,13?,17-,21?/m1/s1. The van der Waals surface area contributed by atoms with Crippen LogP contribution in [0, 0.1) is 23.7 Å². The van der Waals surface area contributed by atoms with Gasteiger partial charge in [0.1, 0.15) is 10.8 Å². The van der Waals surface area contributed by atoms with E-state index in [2.05, 4.69) is 10.4 Å². The molecule has 0 spiro atoms. The number of anilines is 2. The Hall–Kier alpha value is -2.54. The van der Waals surface area contributed by atoms with Crippen molar-refractivity contribution in [1.29, 1.82) is 0 Å². The lowest BCUT2D eigenvalue weighted by molar-refractivity contribution is -0.168. The summed E-state index contributed by atoms with van der Waals surface area (Å²) in [7, 11) is 0. The molecule has 6 rings (SSSR count). The quantitative estimate of drug-likeness (QED) is 0.659. The van der Waals surface area contributed by atoms with Crippen LogP contribution in [0.3, 0.4) is 0 Å². The molecule has 1 aromatic heterocycles. The van der Waals surface area contributed by atoms with Crippen LogP contribution >= 0.6 is 11.6 Å². The first-order chi connectivity index (χ1) is 13.9. The van der Waals surface area contributed by atoms with Crippen LogP contribution in [0.4, 0.5) is 11.4 Å². The molecule has 3 N–H and O–H groups in total. The third kappa shape index (κ3) is 2.74. The first kappa shape index (κ1) is 18.5. The van der Waals surface area contributed by atoms with Gasteiger partial charge in [-0.05, 0) is 62.0 Å². The molecule has 4 aliphatic carbocycles. The number of nitrogens with zero attached hydrogens (tertiary/aromatic N) is 2. The van der Waals surface area contributed by atoms with Crippen molar-refractivity contribution in [2.75, 3.05) is 5.32 Å². The number of halogens is 1. The number of para-hydroxylation sites is 2. The number of hydrogen-bond donors (Lipinski definition) is 3. The van der Waals surface area contributed by atoms with Crippen LogP contribution in [-0.2, 0) is 10.3 Å². The molecule has 4 saturated carbocycles. The van der Waals surface area contributed by atoms with Crippen molar-refractivity contribution >= 4 is 28.9 Å². The molecule has 4 aliphatic rings. The Balaban J connectivity index is 1.58. The lowest BCUT2D eigenvalue weighted by Gasteiger charge is -2.59. The number of carboxylic acids is 1. The zero-order valence-corrected chi connectivity index (χ0v) is 16.5. The highest BCUT2D eigenvalue weighted by Crippen LogP contribution is 2.61. The van der Waals surface area contributed by atoms with E-state index in [1.807, 2.05) is 0 Å². The summed E-state index contributed by atoms with van der Waals surface area (Å²) in [6.45, 7) is 0. The summed E-state index contributed by atoms with van der Waals surface area (Å²) in [6.07, 6.45) is 5.72. The Kier molecular flexibility index (Phi) is 4.13. The van der Waals surface area contributed by atoms with E-state index in [4.69, 9.17) is 11.6 Å². The van der Waals surface area contributed by atoms with Gasteiger partial charge in [0.05, 0.1) is 29.0 Å². The van der Waals surface area contributed by atoms with Gasteiger partial charge >= 0.3 is 5.97 Å². The maximum Gasteiger partial charge on any atom is 0.309 e. The van der Waals surface area contributed by atoms with Gasteiger partial charge in [-0.25, -0.2) is 4.68 Å². The predicted octanol–water partition coefficient (Wildman–Crippen LogP) is 3.58. The second-order valence-corrected chi connectivity index (χ2v) is 9.14. The molecule has 0 radical (unpaired) electrons. The molecule has 0 unspecified atom stereocenters. The third-order valence-corrected chi connectivity index (χ3v) is 7.42. The Labute approximate surface area is 172 Å². The zero-order chi connectivity index (χ0) is 20.3. The van der Waals surface area contributed by atoms with Gasteiger partial charge < -0.3 is 15.5 Å². The van der Waals surface area contributed by atoms with Gasteiger partial charge in [-0.3, -0.25) is 9.59 Å². The molecule has 4 bridgehead atoms. The van der Waals surface area contributed by atoms with Gasteiger partial charge in [-0.1, -0.05) is 23.7 Å². The highest BCUT2D eigenvalue weighted by Gasteiger charge is 2.61. The molecule has 0 amide bonds. The van der Waals surface area contributed by atoms with Crippen molar-refractivity contribution in [3.05, 3.63) is 45.8 Å². The maximum atomic E-state index is 13.2. The van der Waals surface area contributed by atoms with Crippen LogP contribution in [0.2, 0.25) is 5.02 Å². The minimum atomic E-state index is -0.852. The smallest absolute Gasteiger partial charge is 0.309 e. The number of hydrogen-bond acceptors (Lipinski definition) is 5. The summed E-state index contributed by atoms with van der Waals surface area (Å²) in [4.78, 5) is 25.4. The molecular weight excluding hydrogens is 394 g/mol. The molecule has 4 fully saturated rings. The van der Waals surface area contributed by atoms with E-state index in [-0.39, 0.29) is 22.4 Å². The fourth-order valence-corrected chi connectivity index (χ4v) is 6.47. The number of nitrogens with one attached hydrogen (secondary N) is 1. The molecule has 152 valence electrons. The summed E-state index contributed by atoms with van der Waals surface area (Å²) >= 11 is 6.40. The van der Waals surface area contributed by atoms with Gasteiger partial charge in [0.2, 0.25) is 0 Å². The second kappa shape index (κ2) is 6.49. The molecule has 0 saturated heterocycles. The largest absolute Gasteiger partial charge is 0.506 e. The number of phenols is 1. The number of carbonyl (C=O) groups is 1. The first-order valence-corrected chi connectivity index (χ1v) is 10.3. The summed E-state index contributed by atoms with van der Waals surface area (Å²) in [5, 5.41) is 27.2. The summed E-state index contributed by atoms with van der Waals surface area (Å²) < 4.78 is 1.36. The number of phenolic OH excluding ortho intramolecular Hbond substituents is 1. The first-order valence-electron chi connectivity index (χ1n) is 9.95. The highest BCUT2D eigenvalue weighted by atomic mass is 35.5. The van der Waals surface area contributed by atoms with Crippen molar-refractivity contribution < 1.29 is 15.0 Å². The molecule has 1 heterocycles. The average molecular weight is 416 g/mol. The monoisotopic (exact) mass is 415 g/mol. The van der Waals surface area contributed by atoms with Crippen molar-refractivity contribution in [1.82, 2.24) is 9.78 Å². The van der Waals surface area contributed by atoms with Crippen LogP contribution in [0.5, 0.6) is 5.75 Å². The number of aromatic hydroxyl groups is 1. The molecule has 1 aromatic carbocycles. The van der Waals surface area contributed by atoms with Crippen LogP contribution in [0.1, 0.15) is 32.1 Å². The molecule has 0 aliphatic heterocycles. The van der Waals surface area contributed by atoms with Gasteiger partial charge in [-0.15, -0.1) is 0 Å². The number of aromatic nitrogens is 2.